The molecule has 0 unspecified atom stereocenters. The minimum absolute atomic E-state index is 0.0993. The van der Waals surface area contributed by atoms with E-state index in [1.807, 2.05) is 85.0 Å². The molecule has 2 heterocycles. The summed E-state index contributed by atoms with van der Waals surface area (Å²) in [7, 11) is 0. The van der Waals surface area contributed by atoms with Crippen LogP contribution in [0.4, 0.5) is 0 Å². The maximum atomic E-state index is 13.5. The highest BCUT2D eigenvalue weighted by Gasteiger charge is 2.19. The zero-order chi connectivity index (χ0) is 23.7. The normalized spacial score (nSPS) is 11.2. The maximum Gasteiger partial charge on any atom is 0.267 e. The van der Waals surface area contributed by atoms with E-state index >= 15 is 0 Å². The first kappa shape index (κ1) is 21.9. The van der Waals surface area contributed by atoms with Crippen LogP contribution in [-0.2, 0) is 11.3 Å². The number of para-hydroxylation sites is 1. The van der Waals surface area contributed by atoms with E-state index in [0.29, 0.717) is 28.4 Å². The monoisotopic (exact) mass is 469 g/mol. The highest BCUT2D eigenvalue weighted by Crippen LogP contribution is 2.24. The second-order valence-corrected chi connectivity index (χ2v) is 9.06. The topological polar surface area (TPSA) is 81.3 Å². The Kier molecular flexibility index (Phi) is 5.90. The molecule has 0 radical (unpaired) electrons. The molecule has 5 rings (SSSR count). The highest BCUT2D eigenvalue weighted by atomic mass is 32.2. The first-order valence-corrected chi connectivity index (χ1v) is 11.9. The van der Waals surface area contributed by atoms with Gasteiger partial charge in [-0.25, -0.2) is 4.57 Å². The molecule has 0 bridgehead atoms. The van der Waals surface area contributed by atoms with Crippen LogP contribution < -0.4 is 10.9 Å². The lowest BCUT2D eigenvalue weighted by molar-refractivity contribution is -0.118. The van der Waals surface area contributed by atoms with Crippen LogP contribution in [0, 0.1) is 13.8 Å². The van der Waals surface area contributed by atoms with Crippen molar-refractivity contribution in [3.63, 3.8) is 0 Å². The van der Waals surface area contributed by atoms with Crippen LogP contribution in [0.15, 0.2) is 82.7 Å². The zero-order valence-corrected chi connectivity index (χ0v) is 19.7. The third-order valence-corrected chi connectivity index (χ3v) is 6.59. The van der Waals surface area contributed by atoms with Gasteiger partial charge in [-0.1, -0.05) is 66.4 Å². The number of nitrogens with zero attached hydrogens (tertiary/aromatic N) is 4. The van der Waals surface area contributed by atoms with Gasteiger partial charge in [-0.3, -0.25) is 14.0 Å². The van der Waals surface area contributed by atoms with Gasteiger partial charge in [-0.05, 0) is 48.7 Å². The summed E-state index contributed by atoms with van der Waals surface area (Å²) in [6.07, 6.45) is 0. The molecule has 7 nitrogen and oxygen atoms in total. The maximum absolute atomic E-state index is 13.5. The second kappa shape index (κ2) is 9.15. The molecular weight excluding hydrogens is 446 g/mol. The van der Waals surface area contributed by atoms with Crippen LogP contribution in [0.3, 0.4) is 0 Å². The lowest BCUT2D eigenvalue weighted by atomic mass is 10.1. The molecule has 0 spiro atoms. The summed E-state index contributed by atoms with van der Waals surface area (Å²) in [5, 5.41) is 12.8. The molecule has 1 N–H and O–H groups in total. The van der Waals surface area contributed by atoms with Crippen molar-refractivity contribution >= 4 is 34.3 Å². The van der Waals surface area contributed by atoms with Gasteiger partial charge in [-0.15, -0.1) is 10.2 Å². The molecule has 0 saturated heterocycles. The molecule has 0 saturated carbocycles. The van der Waals surface area contributed by atoms with Crippen molar-refractivity contribution in [1.82, 2.24) is 24.5 Å². The Bertz CT molecular complexity index is 1570. The van der Waals surface area contributed by atoms with Gasteiger partial charge in [-0.2, -0.15) is 0 Å². The molecule has 1 amide bonds. The first-order valence-electron chi connectivity index (χ1n) is 10.9. The lowest BCUT2D eigenvalue weighted by Gasteiger charge is -2.14. The Labute approximate surface area is 200 Å². The molecule has 0 aliphatic carbocycles. The van der Waals surface area contributed by atoms with Crippen molar-refractivity contribution in [3.05, 3.63) is 99.8 Å². The molecule has 0 aliphatic rings. The number of benzene rings is 3. The molecule has 0 atom stereocenters. The predicted octanol–water partition coefficient (Wildman–Crippen LogP) is 4.06. The Morgan fingerprint density at radius 3 is 2.56 bits per heavy atom. The number of carbonyl (C=O) groups is 1. The summed E-state index contributed by atoms with van der Waals surface area (Å²) in [5.41, 5.74) is 4.37. The van der Waals surface area contributed by atoms with Gasteiger partial charge < -0.3 is 5.32 Å². The van der Waals surface area contributed by atoms with Gasteiger partial charge in [0.05, 0.1) is 22.3 Å². The van der Waals surface area contributed by atoms with Crippen LogP contribution in [0.25, 0.3) is 22.4 Å². The fourth-order valence-corrected chi connectivity index (χ4v) is 4.70. The largest absolute Gasteiger partial charge is 0.351 e. The van der Waals surface area contributed by atoms with E-state index in [0.717, 1.165) is 22.4 Å². The van der Waals surface area contributed by atoms with Crippen molar-refractivity contribution in [2.45, 2.75) is 25.5 Å². The van der Waals surface area contributed by atoms with Crippen LogP contribution in [-0.4, -0.2) is 30.8 Å². The molecule has 170 valence electrons. The smallest absolute Gasteiger partial charge is 0.267 e. The number of aryl methyl sites for hydroxylation is 2. The third kappa shape index (κ3) is 4.08. The van der Waals surface area contributed by atoms with Crippen molar-refractivity contribution < 1.29 is 4.79 Å². The molecule has 34 heavy (non-hydrogen) atoms. The molecule has 0 aliphatic heterocycles. The molecule has 2 aromatic heterocycles. The predicted molar refractivity (Wildman–Crippen MR) is 135 cm³/mol. The van der Waals surface area contributed by atoms with Gasteiger partial charge in [0, 0.05) is 6.54 Å². The fraction of sp³-hybridized carbons (Fsp3) is 0.154. The molecule has 5 aromatic rings. The summed E-state index contributed by atoms with van der Waals surface area (Å²) in [6.45, 7) is 4.43. The molecule has 3 aromatic carbocycles. The van der Waals surface area contributed by atoms with E-state index in [9.17, 15) is 9.59 Å². The van der Waals surface area contributed by atoms with E-state index in [1.54, 1.807) is 10.6 Å². The highest BCUT2D eigenvalue weighted by molar-refractivity contribution is 7.99. The lowest BCUT2D eigenvalue weighted by Crippen LogP contribution is -2.25. The Morgan fingerprint density at radius 1 is 0.971 bits per heavy atom. The van der Waals surface area contributed by atoms with E-state index in [2.05, 4.69) is 15.5 Å². The number of hydrogen-bond acceptors (Lipinski definition) is 5. The van der Waals surface area contributed by atoms with Crippen LogP contribution in [0.1, 0.15) is 16.7 Å². The standard InChI is InChI=1S/C26H23N5O2S/c1-17-12-13-18(2)22(14-17)30-24(33)20-10-6-7-11-21(20)31-25(30)28-29-26(31)34-16-23(32)27-15-19-8-4-3-5-9-19/h3-14H,15-16H2,1-2H3,(H,27,32). The SMILES string of the molecule is Cc1ccc(C)c(-n2c(=O)c3ccccc3n3c(SCC(=O)NCc4ccccc4)nnc23)c1. The minimum atomic E-state index is -0.152. The average molecular weight is 470 g/mol. The molecule has 0 fully saturated rings. The number of carbonyl (C=O) groups excluding carboxylic acids is 1. The second-order valence-electron chi connectivity index (χ2n) is 8.12. The van der Waals surface area contributed by atoms with Gasteiger partial charge >= 0.3 is 0 Å². The van der Waals surface area contributed by atoms with Crippen molar-refractivity contribution in [2.24, 2.45) is 0 Å². The van der Waals surface area contributed by atoms with Crippen molar-refractivity contribution in [3.8, 4) is 5.69 Å². The number of fused-ring (bicyclic) bond motifs is 3. The summed E-state index contributed by atoms with van der Waals surface area (Å²) in [4.78, 5) is 26.0. The average Bonchev–Trinajstić information content (AvgIpc) is 3.28. The quantitative estimate of drug-likeness (QED) is 0.379. The van der Waals surface area contributed by atoms with Gasteiger partial charge in [0.15, 0.2) is 5.16 Å². The first-order chi connectivity index (χ1) is 16.5. The molecule has 8 heteroatoms. The Balaban J connectivity index is 1.53. The van der Waals surface area contributed by atoms with Crippen LogP contribution in [0.2, 0.25) is 0 Å². The van der Waals surface area contributed by atoms with Crippen LogP contribution in [0.5, 0.6) is 0 Å². The van der Waals surface area contributed by atoms with E-state index in [4.69, 9.17) is 0 Å². The number of hydrogen-bond donors (Lipinski definition) is 1. The van der Waals surface area contributed by atoms with E-state index in [-0.39, 0.29) is 17.2 Å². The summed E-state index contributed by atoms with van der Waals surface area (Å²) < 4.78 is 3.46. The minimum Gasteiger partial charge on any atom is -0.351 e. The van der Waals surface area contributed by atoms with E-state index in [1.165, 1.54) is 11.8 Å². The van der Waals surface area contributed by atoms with E-state index < -0.39 is 0 Å². The van der Waals surface area contributed by atoms with Crippen molar-refractivity contribution in [1.29, 1.82) is 0 Å². The number of rotatable bonds is 6. The zero-order valence-electron chi connectivity index (χ0n) is 18.9. The van der Waals surface area contributed by atoms with Crippen LogP contribution >= 0.6 is 11.8 Å². The Hall–Kier alpha value is -3.91. The third-order valence-electron chi connectivity index (χ3n) is 5.67. The van der Waals surface area contributed by atoms with Crippen molar-refractivity contribution in [2.75, 3.05) is 5.75 Å². The summed E-state index contributed by atoms with van der Waals surface area (Å²) >= 11 is 1.29. The van der Waals surface area contributed by atoms with Gasteiger partial charge in [0.25, 0.3) is 5.56 Å². The number of thioether (sulfide) groups is 1. The summed E-state index contributed by atoms with van der Waals surface area (Å²) in [5.74, 6) is 0.507. The number of nitrogens with one attached hydrogen (secondary N) is 1. The summed E-state index contributed by atoms with van der Waals surface area (Å²) in [6, 6.07) is 23.2. The Morgan fingerprint density at radius 2 is 1.74 bits per heavy atom. The molecular formula is C26H23N5O2S. The van der Waals surface area contributed by atoms with Gasteiger partial charge in [0.2, 0.25) is 11.7 Å². The fourth-order valence-electron chi connectivity index (χ4n) is 3.93. The number of aromatic nitrogens is 4. The van der Waals surface area contributed by atoms with Gasteiger partial charge in [0.1, 0.15) is 0 Å². The number of amides is 1.